The van der Waals surface area contributed by atoms with Crippen molar-refractivity contribution in [2.24, 2.45) is 10.2 Å². The molecular formula is C19H17ClN4O3S. The van der Waals surface area contributed by atoms with Crippen LogP contribution in [-0.2, 0) is 9.59 Å². The average Bonchev–Trinajstić information content (AvgIpc) is 3.01. The van der Waals surface area contributed by atoms with Crippen LogP contribution in [0.3, 0.4) is 0 Å². The maximum atomic E-state index is 12.2. The lowest BCUT2D eigenvalue weighted by atomic mass is 10.2. The summed E-state index contributed by atoms with van der Waals surface area (Å²) in [6.07, 6.45) is 1.59. The number of methoxy groups -OCH3 is 1. The second-order valence-electron chi connectivity index (χ2n) is 5.78. The molecule has 3 rings (SSSR count). The topological polar surface area (TPSA) is 92.2 Å². The summed E-state index contributed by atoms with van der Waals surface area (Å²) in [4.78, 5) is 24.2. The van der Waals surface area contributed by atoms with Crippen LogP contribution in [0.5, 0.6) is 5.75 Å². The molecule has 1 atom stereocenters. The molecule has 144 valence electrons. The largest absolute Gasteiger partial charge is 0.497 e. The van der Waals surface area contributed by atoms with Crippen LogP contribution >= 0.6 is 23.4 Å². The number of halogens is 1. The number of thioether (sulfide) groups is 1. The zero-order valence-corrected chi connectivity index (χ0v) is 16.5. The molecule has 0 spiro atoms. The Morgan fingerprint density at radius 2 is 2.11 bits per heavy atom. The number of amidine groups is 1. The number of carbonyl (C=O) groups is 2. The summed E-state index contributed by atoms with van der Waals surface area (Å²) < 4.78 is 5.09. The summed E-state index contributed by atoms with van der Waals surface area (Å²) >= 11 is 7.06. The van der Waals surface area contributed by atoms with Crippen LogP contribution < -0.4 is 15.4 Å². The van der Waals surface area contributed by atoms with E-state index in [4.69, 9.17) is 16.3 Å². The van der Waals surface area contributed by atoms with Crippen LogP contribution in [0.1, 0.15) is 12.0 Å². The molecule has 2 N–H and O–H groups in total. The van der Waals surface area contributed by atoms with E-state index in [0.29, 0.717) is 15.9 Å². The van der Waals surface area contributed by atoms with Crippen molar-refractivity contribution < 1.29 is 14.3 Å². The highest BCUT2D eigenvalue weighted by molar-refractivity contribution is 8.15. The van der Waals surface area contributed by atoms with E-state index in [2.05, 4.69) is 20.8 Å². The van der Waals surface area contributed by atoms with Gasteiger partial charge in [0.1, 0.15) is 11.0 Å². The first-order valence-corrected chi connectivity index (χ1v) is 9.57. The summed E-state index contributed by atoms with van der Waals surface area (Å²) in [6.45, 7) is 0. The van der Waals surface area contributed by atoms with Crippen molar-refractivity contribution in [1.82, 2.24) is 5.32 Å². The van der Waals surface area contributed by atoms with Crippen molar-refractivity contribution in [1.29, 1.82) is 0 Å². The van der Waals surface area contributed by atoms with Crippen LogP contribution in [0, 0.1) is 0 Å². The van der Waals surface area contributed by atoms with Gasteiger partial charge in [-0.15, -0.1) is 5.10 Å². The lowest BCUT2D eigenvalue weighted by molar-refractivity contribution is -0.122. The minimum absolute atomic E-state index is 0.0181. The van der Waals surface area contributed by atoms with Gasteiger partial charge in [-0.1, -0.05) is 29.4 Å². The van der Waals surface area contributed by atoms with Crippen LogP contribution in [-0.4, -0.2) is 35.6 Å². The third-order valence-corrected chi connectivity index (χ3v) is 5.03. The van der Waals surface area contributed by atoms with Gasteiger partial charge < -0.3 is 15.4 Å². The summed E-state index contributed by atoms with van der Waals surface area (Å²) in [5.41, 5.74) is 1.43. The first-order chi connectivity index (χ1) is 13.5. The predicted octanol–water partition coefficient (Wildman–Crippen LogP) is 3.30. The van der Waals surface area contributed by atoms with Gasteiger partial charge >= 0.3 is 0 Å². The summed E-state index contributed by atoms with van der Waals surface area (Å²) in [7, 11) is 1.60. The Labute approximate surface area is 171 Å². The van der Waals surface area contributed by atoms with Gasteiger partial charge in [0, 0.05) is 17.1 Å². The van der Waals surface area contributed by atoms with Gasteiger partial charge in [-0.25, -0.2) is 0 Å². The van der Waals surface area contributed by atoms with Crippen LogP contribution in [0.2, 0.25) is 5.02 Å². The van der Waals surface area contributed by atoms with E-state index in [1.165, 1.54) is 11.8 Å². The van der Waals surface area contributed by atoms with Crippen molar-refractivity contribution in [3.8, 4) is 5.75 Å². The number of anilines is 1. The third kappa shape index (κ3) is 5.58. The molecule has 2 aromatic carbocycles. The van der Waals surface area contributed by atoms with Gasteiger partial charge in [0.25, 0.3) is 0 Å². The second kappa shape index (κ2) is 9.38. The Morgan fingerprint density at radius 3 is 2.82 bits per heavy atom. The Kier molecular flexibility index (Phi) is 6.67. The molecule has 0 bridgehead atoms. The fourth-order valence-corrected chi connectivity index (χ4v) is 3.49. The van der Waals surface area contributed by atoms with Gasteiger partial charge in [0.2, 0.25) is 11.8 Å². The molecule has 0 aliphatic carbocycles. The molecule has 1 aliphatic heterocycles. The SMILES string of the molecule is COc1ccc(/C=N\N=C2/NC(=O)[C@H](CC(=O)Nc3cccc(Cl)c3)S2)cc1. The lowest BCUT2D eigenvalue weighted by Crippen LogP contribution is -2.28. The van der Waals surface area contributed by atoms with Gasteiger partial charge in [-0.2, -0.15) is 5.10 Å². The molecule has 2 aromatic rings. The summed E-state index contributed by atoms with van der Waals surface area (Å²) in [5, 5.41) is 13.6. The highest BCUT2D eigenvalue weighted by Crippen LogP contribution is 2.23. The number of amides is 2. The van der Waals surface area contributed by atoms with Crippen molar-refractivity contribution >= 4 is 52.2 Å². The number of rotatable bonds is 6. The molecule has 0 saturated carbocycles. The Morgan fingerprint density at radius 1 is 1.32 bits per heavy atom. The molecule has 0 aromatic heterocycles. The van der Waals surface area contributed by atoms with Crippen molar-refractivity contribution in [3.05, 3.63) is 59.1 Å². The van der Waals surface area contributed by atoms with Crippen molar-refractivity contribution in [2.75, 3.05) is 12.4 Å². The van der Waals surface area contributed by atoms with Gasteiger partial charge in [-0.3, -0.25) is 9.59 Å². The molecule has 7 nitrogen and oxygen atoms in total. The minimum Gasteiger partial charge on any atom is -0.497 e. The molecule has 0 radical (unpaired) electrons. The highest BCUT2D eigenvalue weighted by atomic mass is 35.5. The van der Waals surface area contributed by atoms with E-state index in [1.54, 1.807) is 37.6 Å². The number of ether oxygens (including phenoxy) is 1. The number of hydrogen-bond donors (Lipinski definition) is 2. The fraction of sp³-hybridized carbons (Fsp3) is 0.158. The van der Waals surface area contributed by atoms with Gasteiger partial charge in [-0.05, 0) is 48.0 Å². The minimum atomic E-state index is -0.561. The second-order valence-corrected chi connectivity index (χ2v) is 7.41. The molecule has 28 heavy (non-hydrogen) atoms. The van der Waals surface area contributed by atoms with Crippen molar-refractivity contribution in [2.45, 2.75) is 11.7 Å². The molecule has 1 heterocycles. The monoisotopic (exact) mass is 416 g/mol. The standard InChI is InChI=1S/C19H17ClN4O3S/c1-27-15-7-5-12(6-8-15)11-21-24-19-23-18(26)16(28-19)10-17(25)22-14-4-2-3-13(20)9-14/h2-9,11,16H,10H2,1H3,(H,22,25)(H,23,24,26)/b21-11-/t16-/m0/s1. The molecule has 2 amide bonds. The smallest absolute Gasteiger partial charge is 0.240 e. The average molecular weight is 417 g/mol. The highest BCUT2D eigenvalue weighted by Gasteiger charge is 2.32. The van der Waals surface area contributed by atoms with E-state index >= 15 is 0 Å². The Hall–Kier alpha value is -2.84. The molecule has 1 fully saturated rings. The Bertz CT molecular complexity index is 931. The van der Waals surface area contributed by atoms with Gasteiger partial charge in [0.05, 0.1) is 13.3 Å². The molecule has 0 unspecified atom stereocenters. The predicted molar refractivity (Wildman–Crippen MR) is 112 cm³/mol. The summed E-state index contributed by atoms with van der Waals surface area (Å²) in [6, 6.07) is 14.1. The van der Waals surface area contributed by atoms with E-state index in [1.807, 2.05) is 24.3 Å². The number of benzene rings is 2. The molecule has 1 aliphatic rings. The number of carbonyl (C=O) groups excluding carboxylic acids is 2. The molecular weight excluding hydrogens is 400 g/mol. The normalized spacial score (nSPS) is 17.7. The van der Waals surface area contributed by atoms with Crippen LogP contribution in [0.4, 0.5) is 5.69 Å². The number of nitrogens with zero attached hydrogens (tertiary/aromatic N) is 2. The quantitative estimate of drug-likeness (QED) is 0.558. The van der Waals surface area contributed by atoms with Gasteiger partial charge in [0.15, 0.2) is 5.17 Å². The van der Waals surface area contributed by atoms with E-state index in [-0.39, 0.29) is 18.2 Å². The van der Waals surface area contributed by atoms with E-state index in [9.17, 15) is 9.59 Å². The lowest BCUT2D eigenvalue weighted by Gasteiger charge is -2.07. The Balaban J connectivity index is 1.54. The zero-order chi connectivity index (χ0) is 19.9. The van der Waals surface area contributed by atoms with Crippen LogP contribution in [0.25, 0.3) is 0 Å². The van der Waals surface area contributed by atoms with E-state index in [0.717, 1.165) is 11.3 Å². The third-order valence-electron chi connectivity index (χ3n) is 3.73. The maximum absolute atomic E-state index is 12.2. The molecule has 9 heteroatoms. The maximum Gasteiger partial charge on any atom is 0.240 e. The number of hydrogen-bond acceptors (Lipinski definition) is 6. The number of nitrogens with one attached hydrogen (secondary N) is 2. The van der Waals surface area contributed by atoms with E-state index < -0.39 is 5.25 Å². The summed E-state index contributed by atoms with van der Waals surface area (Å²) in [5.74, 6) is 0.198. The van der Waals surface area contributed by atoms with Crippen molar-refractivity contribution in [3.63, 3.8) is 0 Å². The first-order valence-electron chi connectivity index (χ1n) is 8.31. The fourth-order valence-electron chi connectivity index (χ4n) is 2.37. The first kappa shape index (κ1) is 19.9. The zero-order valence-electron chi connectivity index (χ0n) is 14.9. The molecule has 1 saturated heterocycles. The van der Waals surface area contributed by atoms with Crippen LogP contribution in [0.15, 0.2) is 58.7 Å².